The molecule has 0 heterocycles. The lowest BCUT2D eigenvalue weighted by Crippen LogP contribution is -2.31. The largest absolute Gasteiger partial charge is 0.491 e. The molecule has 1 rings (SSSR count). The minimum Gasteiger partial charge on any atom is -0.491 e. The number of benzene rings is 1. The van der Waals surface area contributed by atoms with E-state index >= 15 is 0 Å². The smallest absolute Gasteiger partial charge is 0.123 e. The summed E-state index contributed by atoms with van der Waals surface area (Å²) in [6, 6.07) is 5.66. The summed E-state index contributed by atoms with van der Waals surface area (Å²) in [5.41, 5.74) is 7.45. The lowest BCUT2D eigenvalue weighted by molar-refractivity contribution is 0.242. The summed E-state index contributed by atoms with van der Waals surface area (Å²) in [7, 11) is 1.93. The SMILES string of the molecule is CC(C)Oc1cc(N)cc(N(C)C(C)CO)c1. The van der Waals surface area contributed by atoms with E-state index in [1.165, 1.54) is 0 Å². The lowest BCUT2D eigenvalue weighted by Gasteiger charge is -2.26. The van der Waals surface area contributed by atoms with Crippen LogP contribution in [-0.4, -0.2) is 30.9 Å². The first-order chi connectivity index (χ1) is 7.93. The molecule has 0 fully saturated rings. The molecule has 1 atom stereocenters. The second-order valence-electron chi connectivity index (χ2n) is 4.57. The third kappa shape index (κ3) is 3.82. The highest BCUT2D eigenvalue weighted by atomic mass is 16.5. The molecule has 1 aromatic carbocycles. The van der Waals surface area contributed by atoms with Crippen molar-refractivity contribution >= 4 is 11.4 Å². The Morgan fingerprint density at radius 2 is 1.94 bits per heavy atom. The Labute approximate surface area is 103 Å². The van der Waals surface area contributed by atoms with Gasteiger partial charge in [0.15, 0.2) is 0 Å². The molecular weight excluding hydrogens is 216 g/mol. The van der Waals surface area contributed by atoms with Crippen molar-refractivity contribution in [1.29, 1.82) is 0 Å². The molecule has 0 spiro atoms. The third-order valence-electron chi connectivity index (χ3n) is 2.62. The average molecular weight is 238 g/mol. The molecule has 96 valence electrons. The second-order valence-corrected chi connectivity index (χ2v) is 4.57. The fourth-order valence-electron chi connectivity index (χ4n) is 1.53. The minimum absolute atomic E-state index is 0.0451. The van der Waals surface area contributed by atoms with Gasteiger partial charge in [-0.1, -0.05) is 0 Å². The summed E-state index contributed by atoms with van der Waals surface area (Å²) in [6.45, 7) is 6.00. The van der Waals surface area contributed by atoms with Crippen LogP contribution in [0.5, 0.6) is 5.75 Å². The van der Waals surface area contributed by atoms with Crippen molar-refractivity contribution in [2.45, 2.75) is 32.9 Å². The van der Waals surface area contributed by atoms with Gasteiger partial charge in [-0.25, -0.2) is 0 Å². The lowest BCUT2D eigenvalue weighted by atomic mass is 10.2. The summed E-state index contributed by atoms with van der Waals surface area (Å²) in [6.07, 6.45) is 0.116. The van der Waals surface area contributed by atoms with E-state index in [4.69, 9.17) is 15.6 Å². The molecule has 4 nitrogen and oxygen atoms in total. The maximum Gasteiger partial charge on any atom is 0.123 e. The molecule has 1 unspecified atom stereocenters. The standard InChI is InChI=1S/C13H22N2O2/c1-9(2)17-13-6-11(14)5-12(7-13)15(4)10(3)8-16/h5-7,9-10,16H,8,14H2,1-4H3. The Hall–Kier alpha value is -1.42. The van der Waals surface area contributed by atoms with E-state index in [0.29, 0.717) is 5.69 Å². The van der Waals surface area contributed by atoms with Crippen LogP contribution < -0.4 is 15.4 Å². The summed E-state index contributed by atoms with van der Waals surface area (Å²) >= 11 is 0. The van der Waals surface area contributed by atoms with Crippen LogP contribution >= 0.6 is 0 Å². The molecule has 0 amide bonds. The van der Waals surface area contributed by atoms with Crippen LogP contribution in [0.15, 0.2) is 18.2 Å². The first kappa shape index (κ1) is 13.6. The van der Waals surface area contributed by atoms with Gasteiger partial charge in [-0.2, -0.15) is 0 Å². The van der Waals surface area contributed by atoms with E-state index in [-0.39, 0.29) is 18.8 Å². The monoisotopic (exact) mass is 238 g/mol. The van der Waals surface area contributed by atoms with Crippen molar-refractivity contribution < 1.29 is 9.84 Å². The Kier molecular flexibility index (Phi) is 4.63. The molecule has 4 heteroatoms. The number of rotatable bonds is 5. The number of ether oxygens (including phenoxy) is 1. The first-order valence-corrected chi connectivity index (χ1v) is 5.85. The minimum atomic E-state index is 0.0451. The molecule has 0 aliphatic heterocycles. The zero-order valence-electron chi connectivity index (χ0n) is 11.0. The first-order valence-electron chi connectivity index (χ1n) is 5.85. The van der Waals surface area contributed by atoms with Gasteiger partial charge < -0.3 is 20.5 Å². The Morgan fingerprint density at radius 3 is 2.47 bits per heavy atom. The maximum absolute atomic E-state index is 9.15. The molecule has 17 heavy (non-hydrogen) atoms. The number of anilines is 2. The molecule has 0 bridgehead atoms. The molecule has 0 aliphatic carbocycles. The number of hydrogen-bond donors (Lipinski definition) is 2. The number of aliphatic hydroxyl groups is 1. The summed E-state index contributed by atoms with van der Waals surface area (Å²) in [5.74, 6) is 0.756. The zero-order chi connectivity index (χ0) is 13.0. The van der Waals surface area contributed by atoms with E-state index in [1.54, 1.807) is 6.07 Å². The molecule has 0 aromatic heterocycles. The summed E-state index contributed by atoms with van der Waals surface area (Å²) in [4.78, 5) is 1.98. The van der Waals surface area contributed by atoms with E-state index in [1.807, 2.05) is 44.9 Å². The molecule has 0 saturated carbocycles. The summed E-state index contributed by atoms with van der Waals surface area (Å²) < 4.78 is 5.63. The Balaban J connectivity index is 2.96. The van der Waals surface area contributed by atoms with E-state index in [9.17, 15) is 0 Å². The number of likely N-dealkylation sites (N-methyl/N-ethyl adjacent to an activating group) is 1. The van der Waals surface area contributed by atoms with E-state index in [2.05, 4.69) is 0 Å². The van der Waals surface area contributed by atoms with Crippen molar-refractivity contribution in [3.05, 3.63) is 18.2 Å². The van der Waals surface area contributed by atoms with Gasteiger partial charge in [-0.15, -0.1) is 0 Å². The quantitative estimate of drug-likeness (QED) is 0.769. The van der Waals surface area contributed by atoms with Crippen LogP contribution in [0.2, 0.25) is 0 Å². The number of nitrogen functional groups attached to an aromatic ring is 1. The maximum atomic E-state index is 9.15. The molecule has 0 radical (unpaired) electrons. The molecule has 3 N–H and O–H groups in total. The molecular formula is C13H22N2O2. The van der Waals surface area contributed by atoms with Gasteiger partial charge >= 0.3 is 0 Å². The van der Waals surface area contributed by atoms with Gasteiger partial charge in [-0.3, -0.25) is 0 Å². The predicted molar refractivity (Wildman–Crippen MR) is 71.6 cm³/mol. The highest BCUT2D eigenvalue weighted by molar-refractivity contribution is 5.60. The topological polar surface area (TPSA) is 58.7 Å². The fraction of sp³-hybridized carbons (Fsp3) is 0.538. The number of nitrogens with two attached hydrogens (primary N) is 1. The van der Waals surface area contributed by atoms with Crippen LogP contribution in [0.3, 0.4) is 0 Å². The van der Waals surface area contributed by atoms with Crippen molar-refractivity contribution in [3.63, 3.8) is 0 Å². The summed E-state index contributed by atoms with van der Waals surface area (Å²) in [5, 5.41) is 9.15. The van der Waals surface area contributed by atoms with E-state index in [0.717, 1.165) is 11.4 Å². The van der Waals surface area contributed by atoms with Gasteiger partial charge in [0.1, 0.15) is 5.75 Å². The van der Waals surface area contributed by atoms with Gasteiger partial charge in [0.2, 0.25) is 0 Å². The van der Waals surface area contributed by atoms with Crippen LogP contribution in [-0.2, 0) is 0 Å². The normalized spacial score (nSPS) is 12.6. The molecule has 0 aliphatic rings. The predicted octanol–water partition coefficient (Wildman–Crippen LogP) is 1.87. The van der Waals surface area contributed by atoms with E-state index < -0.39 is 0 Å². The van der Waals surface area contributed by atoms with Crippen LogP contribution in [0.4, 0.5) is 11.4 Å². The van der Waals surface area contributed by atoms with Crippen molar-refractivity contribution in [1.82, 2.24) is 0 Å². The zero-order valence-corrected chi connectivity index (χ0v) is 11.0. The van der Waals surface area contributed by atoms with Gasteiger partial charge in [0.05, 0.1) is 12.7 Å². The second kappa shape index (κ2) is 5.77. The van der Waals surface area contributed by atoms with Crippen LogP contribution in [0.25, 0.3) is 0 Å². The average Bonchev–Trinajstić information content (AvgIpc) is 2.25. The van der Waals surface area contributed by atoms with Gasteiger partial charge in [0, 0.05) is 36.6 Å². The fourth-order valence-corrected chi connectivity index (χ4v) is 1.53. The molecule has 0 saturated heterocycles. The number of nitrogens with zero attached hydrogens (tertiary/aromatic N) is 1. The van der Waals surface area contributed by atoms with Crippen molar-refractivity contribution in [2.75, 3.05) is 24.3 Å². The van der Waals surface area contributed by atoms with Crippen molar-refractivity contribution in [2.24, 2.45) is 0 Å². The Bertz CT molecular complexity index is 366. The van der Waals surface area contributed by atoms with Gasteiger partial charge in [-0.05, 0) is 26.8 Å². The van der Waals surface area contributed by atoms with Crippen LogP contribution in [0, 0.1) is 0 Å². The van der Waals surface area contributed by atoms with Crippen molar-refractivity contribution in [3.8, 4) is 5.75 Å². The molecule has 1 aromatic rings. The van der Waals surface area contributed by atoms with Gasteiger partial charge in [0.25, 0.3) is 0 Å². The number of aliphatic hydroxyl groups excluding tert-OH is 1. The number of hydrogen-bond acceptors (Lipinski definition) is 4. The highest BCUT2D eigenvalue weighted by Gasteiger charge is 2.11. The third-order valence-corrected chi connectivity index (χ3v) is 2.62. The highest BCUT2D eigenvalue weighted by Crippen LogP contribution is 2.26. The Morgan fingerprint density at radius 1 is 1.29 bits per heavy atom. The van der Waals surface area contributed by atoms with Crippen LogP contribution in [0.1, 0.15) is 20.8 Å².